The van der Waals surface area contributed by atoms with Gasteiger partial charge in [-0.25, -0.2) is 0 Å². The Hall–Kier alpha value is -3.18. The molecule has 1 aromatic heterocycles. The molecule has 0 saturated carbocycles. The van der Waals surface area contributed by atoms with Gasteiger partial charge < -0.3 is 19.2 Å². The molecule has 1 amide bonds. The average molecular weight is 518 g/mol. The molecule has 2 atom stereocenters. The largest absolute Gasteiger partial charge is 0.354 e. The summed E-state index contributed by atoms with van der Waals surface area (Å²) in [4.78, 5) is 27.1. The minimum atomic E-state index is -0.162. The molecule has 38 heavy (non-hydrogen) atoms. The fourth-order valence-electron chi connectivity index (χ4n) is 5.17. The molecule has 1 aliphatic carbocycles. The van der Waals surface area contributed by atoms with Gasteiger partial charge in [-0.1, -0.05) is 60.7 Å². The van der Waals surface area contributed by atoms with Crippen molar-refractivity contribution in [3.63, 3.8) is 0 Å². The van der Waals surface area contributed by atoms with Gasteiger partial charge in [-0.05, 0) is 70.2 Å². The number of benzene rings is 1. The van der Waals surface area contributed by atoms with E-state index in [1.807, 2.05) is 61.2 Å². The van der Waals surface area contributed by atoms with Gasteiger partial charge >= 0.3 is 0 Å². The average Bonchev–Trinajstić information content (AvgIpc) is 3.16. The molecule has 1 aromatic carbocycles. The lowest BCUT2D eigenvalue weighted by Gasteiger charge is -2.33. The number of aromatic nitrogens is 1. The number of likely N-dealkylation sites (N-methyl/N-ethyl adjacent to an activating group) is 1. The van der Waals surface area contributed by atoms with Crippen molar-refractivity contribution in [1.82, 2.24) is 14.4 Å². The van der Waals surface area contributed by atoms with E-state index < -0.39 is 0 Å². The smallest absolute Gasteiger partial charge is 0.230 e. The number of aryl methyl sites for hydroxylation is 1. The van der Waals surface area contributed by atoms with Crippen LogP contribution in [0.25, 0.3) is 0 Å². The molecule has 0 saturated heterocycles. The van der Waals surface area contributed by atoms with Gasteiger partial charge in [0.25, 0.3) is 0 Å². The lowest BCUT2D eigenvalue weighted by atomic mass is 9.88. The molecule has 5 heteroatoms. The molecular formula is C33H47N3O2. The predicted octanol–water partition coefficient (Wildman–Crippen LogP) is 5.72. The number of carbonyl (C=O) groups excluding carboxylic acids is 2. The normalized spacial score (nSPS) is 16.9. The zero-order chi connectivity index (χ0) is 28.1. The number of aldehydes is 1. The summed E-state index contributed by atoms with van der Waals surface area (Å²) in [6.45, 7) is 16.3. The second-order valence-corrected chi connectivity index (χ2v) is 10.1. The van der Waals surface area contributed by atoms with E-state index in [-0.39, 0.29) is 11.8 Å². The Morgan fingerprint density at radius 3 is 2.45 bits per heavy atom. The highest BCUT2D eigenvalue weighted by molar-refractivity contribution is 5.80. The molecule has 0 N–H and O–H groups in total. The van der Waals surface area contributed by atoms with Crippen molar-refractivity contribution < 1.29 is 9.59 Å². The number of hydrogen-bond acceptors (Lipinski definition) is 3. The van der Waals surface area contributed by atoms with Crippen LogP contribution in [0.15, 0.2) is 73.5 Å². The zero-order valence-corrected chi connectivity index (χ0v) is 24.2. The van der Waals surface area contributed by atoms with Crippen LogP contribution < -0.4 is 0 Å². The van der Waals surface area contributed by atoms with E-state index in [0.29, 0.717) is 19.0 Å². The van der Waals surface area contributed by atoms with E-state index >= 15 is 0 Å². The summed E-state index contributed by atoms with van der Waals surface area (Å²) in [5.74, 6) is 0.0247. The fourth-order valence-corrected chi connectivity index (χ4v) is 5.17. The minimum Gasteiger partial charge on any atom is -0.354 e. The van der Waals surface area contributed by atoms with E-state index in [4.69, 9.17) is 0 Å². The lowest BCUT2D eigenvalue weighted by molar-refractivity contribution is -0.134. The monoisotopic (exact) mass is 517 g/mol. The quantitative estimate of drug-likeness (QED) is 0.299. The van der Waals surface area contributed by atoms with Crippen LogP contribution >= 0.6 is 0 Å². The Bertz CT molecular complexity index is 1080. The molecule has 0 fully saturated rings. The highest BCUT2D eigenvalue weighted by Crippen LogP contribution is 2.29. The summed E-state index contributed by atoms with van der Waals surface area (Å²) in [6.07, 6.45) is 13.8. The van der Waals surface area contributed by atoms with Crippen LogP contribution in [0, 0.1) is 12.8 Å². The van der Waals surface area contributed by atoms with Gasteiger partial charge in [0.05, 0.1) is 5.92 Å². The summed E-state index contributed by atoms with van der Waals surface area (Å²) < 4.78 is 2.25. The third-order valence-electron chi connectivity index (χ3n) is 7.66. The third-order valence-corrected chi connectivity index (χ3v) is 7.66. The Kier molecular flexibility index (Phi) is 13.0. The van der Waals surface area contributed by atoms with Crippen molar-refractivity contribution >= 4 is 12.2 Å². The number of allylic oxidation sites excluding steroid dienone is 3. The molecule has 0 radical (unpaired) electrons. The maximum absolute atomic E-state index is 12.9. The van der Waals surface area contributed by atoms with Crippen molar-refractivity contribution in [2.45, 2.75) is 58.9 Å². The topological polar surface area (TPSA) is 45.6 Å². The van der Waals surface area contributed by atoms with Crippen LogP contribution in [0.5, 0.6) is 0 Å². The van der Waals surface area contributed by atoms with Crippen LogP contribution in [0.4, 0.5) is 0 Å². The maximum Gasteiger partial charge on any atom is 0.230 e. The molecular weight excluding hydrogens is 470 g/mol. The minimum absolute atomic E-state index is 0.162. The van der Waals surface area contributed by atoms with Gasteiger partial charge in [-0.15, -0.1) is 6.58 Å². The first-order valence-electron chi connectivity index (χ1n) is 13.8. The number of rotatable bonds is 10. The highest BCUT2D eigenvalue weighted by Gasteiger charge is 2.27. The zero-order valence-electron chi connectivity index (χ0n) is 24.2. The van der Waals surface area contributed by atoms with Crippen LogP contribution in [0.2, 0.25) is 0 Å². The van der Waals surface area contributed by atoms with Gasteiger partial charge in [-0.3, -0.25) is 4.79 Å². The molecule has 0 unspecified atom stereocenters. The number of amides is 1. The van der Waals surface area contributed by atoms with Crippen LogP contribution in [0.1, 0.15) is 49.1 Å². The Balaban J connectivity index is 0.000000474. The van der Waals surface area contributed by atoms with Gasteiger partial charge in [-0.2, -0.15) is 0 Å². The first kappa shape index (κ1) is 31.0. The van der Waals surface area contributed by atoms with Crippen molar-refractivity contribution in [2.75, 3.05) is 26.7 Å². The summed E-state index contributed by atoms with van der Waals surface area (Å²) in [6, 6.07) is 10.1. The molecule has 1 aliphatic rings. The Morgan fingerprint density at radius 1 is 1.18 bits per heavy atom. The van der Waals surface area contributed by atoms with Gasteiger partial charge in [0.15, 0.2) is 0 Å². The van der Waals surface area contributed by atoms with Gasteiger partial charge in [0.1, 0.15) is 6.29 Å². The summed E-state index contributed by atoms with van der Waals surface area (Å²) >= 11 is 0. The number of hydrogen-bond donors (Lipinski definition) is 0. The molecule has 206 valence electrons. The Morgan fingerprint density at radius 2 is 1.87 bits per heavy atom. The van der Waals surface area contributed by atoms with Crippen LogP contribution in [-0.4, -0.2) is 59.3 Å². The van der Waals surface area contributed by atoms with Gasteiger partial charge in [0.2, 0.25) is 5.91 Å². The first-order chi connectivity index (χ1) is 18.3. The van der Waals surface area contributed by atoms with Crippen molar-refractivity contribution in [3.05, 3.63) is 95.9 Å². The number of nitrogens with zero attached hydrogens (tertiary/aromatic N) is 3. The molecule has 1 heterocycles. The molecule has 2 aromatic rings. The second kappa shape index (κ2) is 15.9. The van der Waals surface area contributed by atoms with E-state index in [0.717, 1.165) is 50.6 Å². The number of fused-ring (bicyclic) bond motifs is 1. The Labute approximate surface area is 230 Å². The number of carbonyl (C=O) groups is 2. The van der Waals surface area contributed by atoms with Crippen molar-refractivity contribution in [2.24, 2.45) is 13.0 Å². The summed E-state index contributed by atoms with van der Waals surface area (Å²) in [7, 11) is 4.29. The van der Waals surface area contributed by atoms with E-state index in [1.165, 1.54) is 22.4 Å². The summed E-state index contributed by atoms with van der Waals surface area (Å²) in [5, 5.41) is 0. The van der Waals surface area contributed by atoms with Gasteiger partial charge in [0, 0.05) is 51.0 Å². The van der Waals surface area contributed by atoms with Crippen molar-refractivity contribution in [1.29, 1.82) is 0 Å². The van der Waals surface area contributed by atoms with E-state index in [1.54, 1.807) is 0 Å². The molecule has 3 rings (SSSR count). The van der Waals surface area contributed by atoms with Crippen LogP contribution in [-0.2, 0) is 35.9 Å². The molecule has 5 nitrogen and oxygen atoms in total. The third kappa shape index (κ3) is 8.70. The summed E-state index contributed by atoms with van der Waals surface area (Å²) in [5.41, 5.74) is 6.75. The molecule has 0 spiro atoms. The standard InChI is InChI=1S/C25H39N3O.C8H8O/c1-8-12-20-13-14-23(16-22-18-26(6)19(5)24(22)15-20)27(7)17-21(9-2)25(29)28(10-3)11-4;9-7-6-8-4-2-1-3-5-8/h8-9,12,18,21,23H,1-2,10-11,13-17H2,3-7H3;1-5,7H,6H2/b20-12-;/t21-,23+;/m1./s1. The SMILES string of the molecule is C=C/C=C1/CC[C@H](N(C)C[C@@H](C=C)C(=O)N(CC)CC)Cc2cn(C)c(C)c2C1.O=CCc1ccccc1. The predicted molar refractivity (Wildman–Crippen MR) is 159 cm³/mol. The van der Waals surface area contributed by atoms with Crippen molar-refractivity contribution in [3.8, 4) is 0 Å². The molecule has 0 aliphatic heterocycles. The lowest BCUT2D eigenvalue weighted by Crippen LogP contribution is -2.43. The maximum atomic E-state index is 12.9. The molecule has 0 bridgehead atoms. The van der Waals surface area contributed by atoms with Crippen LogP contribution in [0.3, 0.4) is 0 Å². The first-order valence-corrected chi connectivity index (χ1v) is 13.8. The second-order valence-electron chi connectivity index (χ2n) is 10.1. The fraction of sp³-hybridized carbons (Fsp3) is 0.455. The van der Waals surface area contributed by atoms with E-state index in [2.05, 4.69) is 55.9 Å². The highest BCUT2D eigenvalue weighted by atomic mass is 16.2. The van der Waals surface area contributed by atoms with E-state index in [9.17, 15) is 9.59 Å².